The van der Waals surface area contributed by atoms with E-state index in [0.29, 0.717) is 0 Å². The molecule has 1 amide bonds. The zero-order chi connectivity index (χ0) is 12.5. The molecule has 3 fully saturated rings. The van der Waals surface area contributed by atoms with Gasteiger partial charge in [0.15, 0.2) is 0 Å². The van der Waals surface area contributed by atoms with Crippen LogP contribution in [0.3, 0.4) is 0 Å². The normalized spacial score (nSPS) is 33.2. The van der Waals surface area contributed by atoms with Gasteiger partial charge in [0.25, 0.3) is 0 Å². The summed E-state index contributed by atoms with van der Waals surface area (Å²) in [6.07, 6.45) is -3.73. The molecule has 3 saturated heterocycles. The molecule has 3 heterocycles. The van der Waals surface area contributed by atoms with Crippen LogP contribution >= 0.6 is 0 Å². The SMILES string of the molecule is O=C(NCC1CN2CCCN1CC2)C(F)(F)F. The average molecular weight is 251 g/mol. The molecule has 0 aromatic heterocycles. The van der Waals surface area contributed by atoms with Crippen LogP contribution in [-0.4, -0.2) is 67.2 Å². The van der Waals surface area contributed by atoms with Crippen molar-refractivity contribution >= 4 is 5.91 Å². The number of piperazine rings is 1. The Hall–Kier alpha value is -0.820. The van der Waals surface area contributed by atoms with E-state index in [9.17, 15) is 18.0 Å². The van der Waals surface area contributed by atoms with Crippen LogP contribution in [0.1, 0.15) is 6.42 Å². The van der Waals surface area contributed by atoms with E-state index in [1.54, 1.807) is 0 Å². The van der Waals surface area contributed by atoms with Crippen molar-refractivity contribution in [2.45, 2.75) is 18.6 Å². The number of alkyl halides is 3. The van der Waals surface area contributed by atoms with E-state index in [1.165, 1.54) is 0 Å². The summed E-state index contributed by atoms with van der Waals surface area (Å²) < 4.78 is 36.1. The summed E-state index contributed by atoms with van der Waals surface area (Å²) in [5.74, 6) is -1.84. The fourth-order valence-electron chi connectivity index (χ4n) is 2.46. The molecular weight excluding hydrogens is 235 g/mol. The quantitative estimate of drug-likeness (QED) is 0.753. The fourth-order valence-corrected chi connectivity index (χ4v) is 2.46. The predicted molar refractivity (Wildman–Crippen MR) is 55.5 cm³/mol. The minimum Gasteiger partial charge on any atom is -0.347 e. The van der Waals surface area contributed by atoms with Gasteiger partial charge in [0, 0.05) is 32.2 Å². The predicted octanol–water partition coefficient (Wildman–Crippen LogP) is 0.0548. The van der Waals surface area contributed by atoms with Gasteiger partial charge in [-0.15, -0.1) is 0 Å². The van der Waals surface area contributed by atoms with Crippen LogP contribution in [0.2, 0.25) is 0 Å². The Bertz CT molecular complexity index is 291. The highest BCUT2D eigenvalue weighted by atomic mass is 19.4. The smallest absolute Gasteiger partial charge is 0.347 e. The lowest BCUT2D eigenvalue weighted by Gasteiger charge is -2.37. The van der Waals surface area contributed by atoms with Crippen LogP contribution in [0, 0.1) is 0 Å². The number of halogens is 3. The summed E-state index contributed by atoms with van der Waals surface area (Å²) in [6, 6.07) is 0.0116. The molecule has 0 spiro atoms. The summed E-state index contributed by atoms with van der Waals surface area (Å²) in [6.45, 7) is 4.59. The molecule has 7 heteroatoms. The van der Waals surface area contributed by atoms with Gasteiger partial charge in [0.2, 0.25) is 0 Å². The lowest BCUT2D eigenvalue weighted by Crippen LogP contribution is -2.55. The summed E-state index contributed by atoms with van der Waals surface area (Å²) in [5, 5.41) is 1.97. The van der Waals surface area contributed by atoms with E-state index in [-0.39, 0.29) is 12.6 Å². The summed E-state index contributed by atoms with van der Waals surface area (Å²) in [7, 11) is 0. The minimum atomic E-state index is -4.78. The first-order chi connectivity index (χ1) is 7.97. The summed E-state index contributed by atoms with van der Waals surface area (Å²) in [4.78, 5) is 15.1. The van der Waals surface area contributed by atoms with Crippen LogP contribution in [0.5, 0.6) is 0 Å². The highest BCUT2D eigenvalue weighted by Gasteiger charge is 2.39. The number of hydrogen-bond acceptors (Lipinski definition) is 3. The Morgan fingerprint density at radius 2 is 2.00 bits per heavy atom. The van der Waals surface area contributed by atoms with Crippen LogP contribution in [0.4, 0.5) is 13.2 Å². The first kappa shape index (κ1) is 12.6. The maximum Gasteiger partial charge on any atom is 0.471 e. The molecule has 3 atom stereocenters. The third kappa shape index (κ3) is 3.10. The Labute approximate surface area is 97.7 Å². The van der Waals surface area contributed by atoms with E-state index >= 15 is 0 Å². The van der Waals surface area contributed by atoms with Crippen molar-refractivity contribution in [3.05, 3.63) is 0 Å². The lowest BCUT2D eigenvalue weighted by atomic mass is 10.2. The van der Waals surface area contributed by atoms with Crippen molar-refractivity contribution < 1.29 is 18.0 Å². The van der Waals surface area contributed by atoms with E-state index in [4.69, 9.17) is 0 Å². The Morgan fingerprint density at radius 3 is 2.71 bits per heavy atom. The Kier molecular flexibility index (Phi) is 3.58. The summed E-state index contributed by atoms with van der Waals surface area (Å²) >= 11 is 0. The Morgan fingerprint density at radius 1 is 1.24 bits per heavy atom. The van der Waals surface area contributed by atoms with E-state index in [1.807, 2.05) is 5.32 Å². The van der Waals surface area contributed by atoms with Gasteiger partial charge < -0.3 is 10.2 Å². The van der Waals surface area contributed by atoms with Crippen molar-refractivity contribution in [2.24, 2.45) is 0 Å². The van der Waals surface area contributed by atoms with Crippen molar-refractivity contribution in [3.8, 4) is 0 Å². The number of carbonyl (C=O) groups excluding carboxylic acids is 1. The molecule has 0 aromatic carbocycles. The topological polar surface area (TPSA) is 35.6 Å². The second-order valence-corrected chi connectivity index (χ2v) is 4.55. The average Bonchev–Trinajstić information content (AvgIpc) is 2.58. The molecule has 2 bridgehead atoms. The highest BCUT2D eigenvalue weighted by molar-refractivity contribution is 5.81. The van der Waals surface area contributed by atoms with Crippen LogP contribution < -0.4 is 5.32 Å². The number of amides is 1. The molecule has 4 nitrogen and oxygen atoms in total. The fraction of sp³-hybridized carbons (Fsp3) is 0.900. The van der Waals surface area contributed by atoms with Gasteiger partial charge in [0.1, 0.15) is 0 Å². The molecule has 3 unspecified atom stereocenters. The maximum atomic E-state index is 12.0. The molecule has 17 heavy (non-hydrogen) atoms. The second kappa shape index (κ2) is 4.81. The van der Waals surface area contributed by atoms with E-state index in [2.05, 4.69) is 9.80 Å². The Balaban J connectivity index is 1.85. The molecule has 3 aliphatic rings. The third-order valence-corrected chi connectivity index (χ3v) is 3.36. The second-order valence-electron chi connectivity index (χ2n) is 4.55. The van der Waals surface area contributed by atoms with Crippen molar-refractivity contribution in [1.29, 1.82) is 0 Å². The first-order valence-electron chi connectivity index (χ1n) is 5.78. The van der Waals surface area contributed by atoms with Gasteiger partial charge in [-0.2, -0.15) is 13.2 Å². The standard InChI is InChI=1S/C10H16F3N3O/c11-10(12,13)9(17)14-6-8-7-15-2-1-3-16(8)5-4-15/h8H,1-7H2,(H,14,17). The highest BCUT2D eigenvalue weighted by Crippen LogP contribution is 2.17. The maximum absolute atomic E-state index is 12.0. The number of nitrogens with one attached hydrogen (secondary N) is 1. The van der Waals surface area contributed by atoms with Crippen molar-refractivity contribution in [2.75, 3.05) is 39.3 Å². The van der Waals surface area contributed by atoms with E-state index in [0.717, 1.165) is 39.1 Å². The van der Waals surface area contributed by atoms with Gasteiger partial charge in [-0.1, -0.05) is 0 Å². The van der Waals surface area contributed by atoms with Crippen LogP contribution in [0.15, 0.2) is 0 Å². The van der Waals surface area contributed by atoms with Gasteiger partial charge >= 0.3 is 12.1 Å². The molecule has 1 N–H and O–H groups in total. The molecule has 0 radical (unpaired) electrons. The van der Waals surface area contributed by atoms with Gasteiger partial charge in [-0.3, -0.25) is 9.69 Å². The van der Waals surface area contributed by atoms with Gasteiger partial charge in [-0.25, -0.2) is 0 Å². The lowest BCUT2D eigenvalue weighted by molar-refractivity contribution is -0.173. The zero-order valence-corrected chi connectivity index (χ0v) is 9.46. The summed E-state index contributed by atoms with van der Waals surface area (Å²) in [5.41, 5.74) is 0. The molecule has 0 aromatic rings. The molecule has 98 valence electrons. The molecule has 0 aliphatic carbocycles. The van der Waals surface area contributed by atoms with Gasteiger partial charge in [0.05, 0.1) is 0 Å². The minimum absolute atomic E-state index is 0.0116. The van der Waals surface area contributed by atoms with Gasteiger partial charge in [-0.05, 0) is 19.5 Å². The largest absolute Gasteiger partial charge is 0.471 e. The first-order valence-corrected chi connectivity index (χ1v) is 5.78. The van der Waals surface area contributed by atoms with Crippen LogP contribution in [-0.2, 0) is 4.79 Å². The van der Waals surface area contributed by atoms with Crippen molar-refractivity contribution in [3.63, 3.8) is 0 Å². The number of carbonyl (C=O) groups is 1. The number of hydrogen-bond donors (Lipinski definition) is 1. The molecular formula is C10H16F3N3O. The number of fused-ring (bicyclic) bond motifs is 4. The van der Waals surface area contributed by atoms with Crippen molar-refractivity contribution in [1.82, 2.24) is 15.1 Å². The van der Waals surface area contributed by atoms with E-state index < -0.39 is 12.1 Å². The number of nitrogens with zero attached hydrogens (tertiary/aromatic N) is 2. The van der Waals surface area contributed by atoms with Crippen LogP contribution in [0.25, 0.3) is 0 Å². The molecule has 3 rings (SSSR count). The zero-order valence-electron chi connectivity index (χ0n) is 9.46. The molecule has 3 aliphatic heterocycles. The third-order valence-electron chi connectivity index (χ3n) is 3.36. The number of rotatable bonds is 2. The molecule has 0 saturated carbocycles. The monoisotopic (exact) mass is 251 g/mol.